The molecule has 4 heteroatoms. The maximum absolute atomic E-state index is 14.6. The van der Waals surface area contributed by atoms with Gasteiger partial charge in [-0.2, -0.15) is 0 Å². The molecule has 4 aromatic rings. The number of allylic oxidation sites excluding steroid dienone is 1. The summed E-state index contributed by atoms with van der Waals surface area (Å²) >= 11 is 3.51. The lowest BCUT2D eigenvalue weighted by Gasteiger charge is -2.12. The second-order valence-electron chi connectivity index (χ2n) is 6.78. The molecule has 1 nitrogen and oxygen atoms in total. The molecule has 0 amide bonds. The summed E-state index contributed by atoms with van der Waals surface area (Å²) in [5.41, 5.74) is 3.80. The molecule has 0 N–H and O–H groups in total. The van der Waals surface area contributed by atoms with Crippen molar-refractivity contribution in [2.24, 2.45) is 0 Å². The van der Waals surface area contributed by atoms with Gasteiger partial charge in [0, 0.05) is 31.4 Å². The fourth-order valence-electron chi connectivity index (χ4n) is 4.18. The SMILES string of the molecule is O=P1(c2ccccc2)c2sc3c(c2-c2c1sc1ccccc21)C=CCC3. The highest BCUT2D eigenvalue weighted by molar-refractivity contribution is 7.94. The third kappa shape index (κ3) is 1.79. The number of rotatable bonds is 1. The van der Waals surface area contributed by atoms with Crippen LogP contribution in [0, 0.1) is 0 Å². The molecular weight excluding hydrogens is 375 g/mol. The summed E-state index contributed by atoms with van der Waals surface area (Å²) in [5.74, 6) is 0. The zero-order valence-electron chi connectivity index (χ0n) is 13.9. The van der Waals surface area contributed by atoms with Crippen molar-refractivity contribution in [2.75, 3.05) is 0 Å². The standard InChI is InChI=1S/C22H15OPS2/c23-24(14-8-2-1-3-9-14)21-19(15-10-4-6-12-17(15)25-21)20-16-11-5-7-13-18(16)26-22(20)24/h1-6,8-12H,7,13H2. The molecule has 1 atom stereocenters. The summed E-state index contributed by atoms with van der Waals surface area (Å²) in [6.07, 6.45) is 6.66. The molecule has 0 spiro atoms. The third-order valence-corrected chi connectivity index (χ3v) is 12.1. The van der Waals surface area contributed by atoms with Crippen LogP contribution >= 0.6 is 29.8 Å². The molecule has 3 heterocycles. The van der Waals surface area contributed by atoms with Crippen molar-refractivity contribution in [3.8, 4) is 11.1 Å². The number of benzene rings is 2. The molecule has 126 valence electrons. The average molecular weight is 390 g/mol. The van der Waals surface area contributed by atoms with Gasteiger partial charge < -0.3 is 4.57 Å². The summed E-state index contributed by atoms with van der Waals surface area (Å²) in [4.78, 5) is 1.40. The Morgan fingerprint density at radius 1 is 0.846 bits per heavy atom. The second-order valence-corrected chi connectivity index (χ2v) is 12.2. The smallest absolute Gasteiger partial charge is 0.191 e. The minimum absolute atomic E-state index is 0.967. The van der Waals surface area contributed by atoms with Gasteiger partial charge in [0.15, 0.2) is 7.14 Å². The molecule has 0 bridgehead atoms. The van der Waals surface area contributed by atoms with Gasteiger partial charge in [0.05, 0.1) is 9.24 Å². The van der Waals surface area contributed by atoms with Crippen LogP contribution in [0.4, 0.5) is 0 Å². The van der Waals surface area contributed by atoms with E-state index >= 15 is 0 Å². The first-order chi connectivity index (χ1) is 12.8. The van der Waals surface area contributed by atoms with Gasteiger partial charge in [-0.15, -0.1) is 22.7 Å². The summed E-state index contributed by atoms with van der Waals surface area (Å²) < 4.78 is 18.1. The lowest BCUT2D eigenvalue weighted by atomic mass is 9.98. The van der Waals surface area contributed by atoms with Gasteiger partial charge >= 0.3 is 0 Å². The van der Waals surface area contributed by atoms with Crippen LogP contribution in [0.3, 0.4) is 0 Å². The highest BCUT2D eigenvalue weighted by atomic mass is 32.1. The van der Waals surface area contributed by atoms with E-state index in [2.05, 4.69) is 36.4 Å². The minimum atomic E-state index is -2.78. The highest BCUT2D eigenvalue weighted by Gasteiger charge is 2.46. The Balaban J connectivity index is 1.81. The predicted molar refractivity (Wildman–Crippen MR) is 115 cm³/mol. The van der Waals surface area contributed by atoms with Gasteiger partial charge in [-0.25, -0.2) is 0 Å². The molecule has 1 aliphatic heterocycles. The van der Waals surface area contributed by atoms with E-state index in [9.17, 15) is 4.57 Å². The minimum Gasteiger partial charge on any atom is -0.307 e. The predicted octanol–water partition coefficient (Wildman–Crippen LogP) is 5.54. The van der Waals surface area contributed by atoms with Gasteiger partial charge in [0.25, 0.3) is 0 Å². The Morgan fingerprint density at radius 3 is 2.50 bits per heavy atom. The monoisotopic (exact) mass is 390 g/mol. The number of hydrogen-bond donors (Lipinski definition) is 0. The first-order valence-corrected chi connectivity index (χ1v) is 12.1. The van der Waals surface area contributed by atoms with Crippen LogP contribution in [-0.2, 0) is 11.0 Å². The number of thiophene rings is 2. The number of aryl methyl sites for hydroxylation is 1. The first kappa shape index (κ1) is 15.2. The van der Waals surface area contributed by atoms with E-state index in [-0.39, 0.29) is 0 Å². The molecule has 1 aliphatic carbocycles. The molecule has 0 saturated carbocycles. The Morgan fingerprint density at radius 2 is 1.62 bits per heavy atom. The molecular formula is C22H15OPS2. The van der Waals surface area contributed by atoms with E-state index in [1.165, 1.54) is 31.7 Å². The van der Waals surface area contributed by atoms with Crippen molar-refractivity contribution in [3.05, 3.63) is 71.1 Å². The molecule has 6 rings (SSSR count). The van der Waals surface area contributed by atoms with Crippen LogP contribution in [0.15, 0.2) is 60.7 Å². The zero-order chi connectivity index (χ0) is 17.3. The van der Waals surface area contributed by atoms with Gasteiger partial charge in [0.2, 0.25) is 0 Å². The quantitative estimate of drug-likeness (QED) is 0.343. The first-order valence-electron chi connectivity index (χ1n) is 8.79. The Kier molecular flexibility index (Phi) is 3.09. The Hall–Kier alpha value is -1.93. The maximum Gasteiger partial charge on any atom is 0.191 e. The van der Waals surface area contributed by atoms with Gasteiger partial charge in [-0.05, 0) is 24.5 Å². The average Bonchev–Trinajstić information content (AvgIpc) is 3.32. The topological polar surface area (TPSA) is 17.1 Å². The fraction of sp³-hybridized carbons (Fsp3) is 0.0909. The summed E-state index contributed by atoms with van der Waals surface area (Å²) in [7, 11) is -2.78. The van der Waals surface area contributed by atoms with Crippen molar-refractivity contribution >= 4 is 60.5 Å². The van der Waals surface area contributed by atoms with E-state index in [1.54, 1.807) is 22.7 Å². The molecule has 1 unspecified atom stereocenters. The van der Waals surface area contributed by atoms with Crippen molar-refractivity contribution in [1.29, 1.82) is 0 Å². The molecule has 26 heavy (non-hydrogen) atoms. The van der Waals surface area contributed by atoms with E-state index in [0.717, 1.165) is 27.4 Å². The lowest BCUT2D eigenvalue weighted by molar-refractivity contribution is 0.593. The Bertz CT molecular complexity index is 1260. The van der Waals surface area contributed by atoms with Crippen LogP contribution in [0.2, 0.25) is 0 Å². The highest BCUT2D eigenvalue weighted by Crippen LogP contribution is 2.60. The van der Waals surface area contributed by atoms with Crippen molar-refractivity contribution in [3.63, 3.8) is 0 Å². The van der Waals surface area contributed by atoms with E-state index in [4.69, 9.17) is 0 Å². The van der Waals surface area contributed by atoms with Gasteiger partial charge in [0.1, 0.15) is 0 Å². The van der Waals surface area contributed by atoms with E-state index < -0.39 is 7.14 Å². The summed E-state index contributed by atoms with van der Waals surface area (Å²) in [6.45, 7) is 0. The summed E-state index contributed by atoms with van der Waals surface area (Å²) in [6, 6.07) is 18.6. The van der Waals surface area contributed by atoms with Crippen LogP contribution in [0.5, 0.6) is 0 Å². The number of hydrogen-bond acceptors (Lipinski definition) is 3. The summed E-state index contributed by atoms with van der Waals surface area (Å²) in [5, 5.41) is 2.22. The van der Waals surface area contributed by atoms with Gasteiger partial charge in [-0.3, -0.25) is 0 Å². The molecule has 0 radical (unpaired) electrons. The molecule has 0 saturated heterocycles. The van der Waals surface area contributed by atoms with Crippen molar-refractivity contribution in [2.45, 2.75) is 12.8 Å². The van der Waals surface area contributed by atoms with Crippen molar-refractivity contribution < 1.29 is 4.57 Å². The molecule has 2 aromatic carbocycles. The largest absolute Gasteiger partial charge is 0.307 e. The van der Waals surface area contributed by atoms with E-state index in [0.29, 0.717) is 0 Å². The fourth-order valence-corrected chi connectivity index (χ4v) is 11.5. The van der Waals surface area contributed by atoms with Crippen molar-refractivity contribution in [1.82, 2.24) is 0 Å². The molecule has 2 aromatic heterocycles. The maximum atomic E-state index is 14.6. The third-order valence-electron chi connectivity index (χ3n) is 5.34. The van der Waals surface area contributed by atoms with E-state index in [1.807, 2.05) is 30.3 Å². The molecule has 2 aliphatic rings. The normalized spacial score (nSPS) is 20.2. The lowest BCUT2D eigenvalue weighted by Crippen LogP contribution is -2.17. The second kappa shape index (κ2) is 5.29. The van der Waals surface area contributed by atoms with Crippen LogP contribution < -0.4 is 14.5 Å². The van der Waals surface area contributed by atoms with Crippen LogP contribution in [0.25, 0.3) is 27.3 Å². The Labute approximate surface area is 160 Å². The van der Waals surface area contributed by atoms with Crippen LogP contribution in [-0.4, -0.2) is 0 Å². The zero-order valence-corrected chi connectivity index (χ0v) is 16.5. The number of fused-ring (bicyclic) bond motifs is 7. The van der Waals surface area contributed by atoms with Crippen LogP contribution in [0.1, 0.15) is 16.9 Å². The van der Waals surface area contributed by atoms with Gasteiger partial charge in [-0.1, -0.05) is 60.7 Å². The molecule has 0 fully saturated rings.